The quantitative estimate of drug-likeness (QED) is 0.567. The minimum Gasteiger partial charge on any atom is -0.252 e. The molecule has 1 nitrogen and oxygen atoms in total. The lowest BCUT2D eigenvalue weighted by molar-refractivity contribution is 0.618. The van der Waals surface area contributed by atoms with E-state index in [4.69, 9.17) is 0 Å². The maximum atomic E-state index is 13.6. The van der Waals surface area contributed by atoms with Gasteiger partial charge < -0.3 is 0 Å². The molecule has 0 bridgehead atoms. The lowest BCUT2D eigenvalue weighted by Gasteiger charge is -2.13. The summed E-state index contributed by atoms with van der Waals surface area (Å²) in [6.45, 7) is 8.06. The Bertz CT molecular complexity index is 978. The fourth-order valence-electron chi connectivity index (χ4n) is 2.99. The van der Waals surface area contributed by atoms with Crippen LogP contribution in [0.2, 0.25) is 0 Å². The van der Waals surface area contributed by atoms with Crippen LogP contribution in [-0.4, -0.2) is 0 Å². The maximum absolute atomic E-state index is 13.6. The SMILES string of the molecule is CC/C=C\C(=C(/C)c1ccc(F)c(C)c1)c1ccc2c(c1)=C(C)N=2. The Balaban J connectivity index is 2.17. The predicted molar refractivity (Wildman–Crippen MR) is 99.4 cm³/mol. The summed E-state index contributed by atoms with van der Waals surface area (Å²) in [6, 6.07) is 11.7. The van der Waals surface area contributed by atoms with Crippen LogP contribution >= 0.6 is 0 Å². The molecule has 1 heterocycles. The monoisotopic (exact) mass is 319 g/mol. The largest absolute Gasteiger partial charge is 0.252 e. The fourth-order valence-corrected chi connectivity index (χ4v) is 2.99. The molecule has 0 fully saturated rings. The van der Waals surface area contributed by atoms with Crippen LogP contribution in [0.1, 0.15) is 43.9 Å². The van der Waals surface area contributed by atoms with Crippen LogP contribution in [0.3, 0.4) is 0 Å². The fraction of sp³-hybridized carbons (Fsp3) is 0.227. The maximum Gasteiger partial charge on any atom is 0.126 e. The van der Waals surface area contributed by atoms with E-state index in [1.165, 1.54) is 16.4 Å². The van der Waals surface area contributed by atoms with Gasteiger partial charge in [-0.15, -0.1) is 0 Å². The standard InChI is InChI=1S/C22H22FN/c1-5-6-7-19(15(3)17-8-10-21(23)14(2)12-17)18-9-11-22-20(13-18)16(4)24-22/h6-13H,5H2,1-4H3/b7-6-,19-15-. The third kappa shape index (κ3) is 2.96. The van der Waals surface area contributed by atoms with Crippen molar-refractivity contribution in [1.82, 2.24) is 0 Å². The number of nitrogens with zero attached hydrogens (tertiary/aromatic N) is 1. The normalized spacial score (nSPS) is 14.1. The Hall–Kier alpha value is -2.48. The molecule has 2 aromatic carbocycles. The lowest BCUT2D eigenvalue weighted by atomic mass is 9.93. The molecule has 2 aromatic rings. The molecule has 0 saturated heterocycles. The van der Waals surface area contributed by atoms with Gasteiger partial charge in [0.1, 0.15) is 5.82 Å². The lowest BCUT2D eigenvalue weighted by Crippen LogP contribution is -2.34. The number of halogens is 1. The number of fused-ring (bicyclic) bond motifs is 1. The second kappa shape index (κ2) is 6.56. The highest BCUT2D eigenvalue weighted by Gasteiger charge is 2.10. The Morgan fingerprint density at radius 3 is 2.50 bits per heavy atom. The second-order valence-electron chi connectivity index (χ2n) is 6.24. The van der Waals surface area contributed by atoms with Crippen molar-refractivity contribution in [3.8, 4) is 0 Å². The molecule has 2 heteroatoms. The van der Waals surface area contributed by atoms with Gasteiger partial charge in [-0.05, 0) is 79.3 Å². The van der Waals surface area contributed by atoms with Gasteiger partial charge >= 0.3 is 0 Å². The highest BCUT2D eigenvalue weighted by molar-refractivity contribution is 5.94. The molecular formula is C22H22FN. The highest BCUT2D eigenvalue weighted by atomic mass is 19.1. The molecule has 0 amide bonds. The first-order valence-corrected chi connectivity index (χ1v) is 8.35. The van der Waals surface area contributed by atoms with Crippen LogP contribution in [0.15, 0.2) is 53.5 Å². The van der Waals surface area contributed by atoms with Crippen molar-refractivity contribution in [2.24, 2.45) is 4.99 Å². The van der Waals surface area contributed by atoms with Crippen molar-refractivity contribution >= 4 is 16.8 Å². The first-order chi connectivity index (χ1) is 11.5. The zero-order chi connectivity index (χ0) is 17.3. The average molecular weight is 319 g/mol. The molecule has 0 atom stereocenters. The van der Waals surface area contributed by atoms with Crippen molar-refractivity contribution in [3.05, 3.63) is 81.6 Å². The van der Waals surface area contributed by atoms with Crippen molar-refractivity contribution in [3.63, 3.8) is 0 Å². The summed E-state index contributed by atoms with van der Waals surface area (Å²) in [5, 5.41) is 2.28. The van der Waals surface area contributed by atoms with Gasteiger partial charge in [0.05, 0.1) is 5.36 Å². The minimum absolute atomic E-state index is 0.162. The van der Waals surface area contributed by atoms with Crippen molar-refractivity contribution in [2.75, 3.05) is 0 Å². The topological polar surface area (TPSA) is 12.4 Å². The van der Waals surface area contributed by atoms with E-state index in [2.05, 4.69) is 49.2 Å². The number of rotatable bonds is 4. The second-order valence-corrected chi connectivity index (χ2v) is 6.24. The zero-order valence-electron chi connectivity index (χ0n) is 14.7. The van der Waals surface area contributed by atoms with Crippen LogP contribution < -0.4 is 10.6 Å². The summed E-state index contributed by atoms with van der Waals surface area (Å²) in [6.07, 6.45) is 5.31. The van der Waals surface area contributed by atoms with Gasteiger partial charge in [-0.2, -0.15) is 0 Å². The van der Waals surface area contributed by atoms with Gasteiger partial charge in [0.15, 0.2) is 0 Å². The van der Waals surface area contributed by atoms with Gasteiger partial charge in [-0.25, -0.2) is 4.39 Å². The molecule has 0 aromatic heterocycles. The van der Waals surface area contributed by atoms with Gasteiger partial charge in [0, 0.05) is 10.9 Å². The van der Waals surface area contributed by atoms with Gasteiger partial charge in [-0.3, -0.25) is 4.99 Å². The highest BCUT2D eigenvalue weighted by Crippen LogP contribution is 2.28. The minimum atomic E-state index is -0.162. The van der Waals surface area contributed by atoms with E-state index in [0.717, 1.165) is 28.6 Å². The van der Waals surface area contributed by atoms with E-state index >= 15 is 0 Å². The summed E-state index contributed by atoms with van der Waals surface area (Å²) in [7, 11) is 0. The van der Waals surface area contributed by atoms with Crippen LogP contribution in [0.25, 0.3) is 16.8 Å². The van der Waals surface area contributed by atoms with Crippen LogP contribution in [0.4, 0.5) is 4.39 Å². The average Bonchev–Trinajstić information content (AvgIpc) is 2.57. The molecule has 0 radical (unpaired) electrons. The third-order valence-electron chi connectivity index (χ3n) is 4.50. The third-order valence-corrected chi connectivity index (χ3v) is 4.50. The Labute approximate surface area is 142 Å². The number of benzene rings is 2. The first kappa shape index (κ1) is 16.4. The van der Waals surface area contributed by atoms with E-state index in [1.54, 1.807) is 13.0 Å². The molecule has 0 saturated carbocycles. The molecule has 0 unspecified atom stereocenters. The predicted octanol–water partition coefficient (Wildman–Crippen LogP) is 4.79. The summed E-state index contributed by atoms with van der Waals surface area (Å²) >= 11 is 0. The van der Waals surface area contributed by atoms with Crippen molar-refractivity contribution in [1.29, 1.82) is 0 Å². The van der Waals surface area contributed by atoms with Gasteiger partial charge in [-0.1, -0.05) is 31.2 Å². The number of aryl methyl sites for hydroxylation is 1. The first-order valence-electron chi connectivity index (χ1n) is 8.35. The van der Waals surface area contributed by atoms with Crippen LogP contribution in [-0.2, 0) is 0 Å². The summed E-state index contributed by atoms with van der Waals surface area (Å²) in [5.74, 6) is -0.162. The van der Waals surface area contributed by atoms with Crippen LogP contribution in [0, 0.1) is 12.7 Å². The van der Waals surface area contributed by atoms with E-state index in [9.17, 15) is 4.39 Å². The van der Waals surface area contributed by atoms with Gasteiger partial charge in [0.25, 0.3) is 0 Å². The Kier molecular flexibility index (Phi) is 4.48. The number of allylic oxidation sites excluding steroid dienone is 4. The van der Waals surface area contributed by atoms with Crippen LogP contribution in [0.5, 0.6) is 0 Å². The summed E-state index contributed by atoms with van der Waals surface area (Å²) < 4.78 is 13.6. The van der Waals surface area contributed by atoms with Crippen molar-refractivity contribution in [2.45, 2.75) is 34.1 Å². The zero-order valence-corrected chi connectivity index (χ0v) is 14.7. The Morgan fingerprint density at radius 2 is 1.83 bits per heavy atom. The molecule has 1 aliphatic heterocycles. The van der Waals surface area contributed by atoms with E-state index in [-0.39, 0.29) is 5.82 Å². The molecule has 122 valence electrons. The molecule has 3 rings (SSSR count). The molecular weight excluding hydrogens is 297 g/mol. The number of hydrogen-bond donors (Lipinski definition) is 0. The number of hydrogen-bond acceptors (Lipinski definition) is 1. The Morgan fingerprint density at radius 1 is 1.08 bits per heavy atom. The van der Waals surface area contributed by atoms with Crippen molar-refractivity contribution < 1.29 is 4.39 Å². The van der Waals surface area contributed by atoms with E-state index in [1.807, 2.05) is 19.1 Å². The summed E-state index contributed by atoms with van der Waals surface area (Å²) in [4.78, 5) is 4.41. The molecule has 1 aliphatic rings. The molecule has 0 spiro atoms. The van der Waals surface area contributed by atoms with E-state index in [0.29, 0.717) is 5.56 Å². The van der Waals surface area contributed by atoms with E-state index < -0.39 is 0 Å². The van der Waals surface area contributed by atoms with Gasteiger partial charge in [0.2, 0.25) is 0 Å². The molecule has 0 aliphatic carbocycles. The smallest absolute Gasteiger partial charge is 0.126 e. The molecule has 0 N–H and O–H groups in total. The molecule has 24 heavy (non-hydrogen) atoms. The summed E-state index contributed by atoms with van der Waals surface area (Å²) in [5.41, 5.74) is 6.30.